The first-order valence-electron chi connectivity index (χ1n) is 14.1. The van der Waals surface area contributed by atoms with Crippen LogP contribution in [0, 0.1) is 5.92 Å². The molecule has 4 aromatic rings. The molecule has 0 aliphatic carbocycles. The standard InChI is InChI=1S/C33H35N5O5/c1-22(9-7-8-18-38-20-29(35-36-38)27(21-39)23-10-5-4-6-11-23)33(42)28-19-25(14-17-30(28)37(2)32(33)41)34-31(40)24-12-15-26(43-3)16-13-24/h4-7,9-17,19-20,22,27,39,42H,8,18,21H2,1-3H3,(H,34,40)/b9-7+/t22-,27?,33+/m0/s1. The van der Waals surface area contributed by atoms with Crippen molar-refractivity contribution in [1.29, 1.82) is 0 Å². The van der Waals surface area contributed by atoms with Crippen LogP contribution in [-0.2, 0) is 16.9 Å². The summed E-state index contributed by atoms with van der Waals surface area (Å²) in [4.78, 5) is 27.6. The number of rotatable bonds is 11. The first-order chi connectivity index (χ1) is 20.8. The maximum atomic E-state index is 13.3. The highest BCUT2D eigenvalue weighted by atomic mass is 16.5. The summed E-state index contributed by atoms with van der Waals surface area (Å²) in [5, 5.41) is 33.0. The number of hydrogen-bond donors (Lipinski definition) is 3. The Hall–Kier alpha value is -4.80. The van der Waals surface area contributed by atoms with Crippen molar-refractivity contribution >= 4 is 23.2 Å². The molecule has 3 aromatic carbocycles. The number of allylic oxidation sites excluding steroid dienone is 1. The van der Waals surface area contributed by atoms with Crippen molar-refractivity contribution in [1.82, 2.24) is 15.0 Å². The molecular weight excluding hydrogens is 546 g/mol. The third kappa shape index (κ3) is 5.93. The van der Waals surface area contributed by atoms with Crippen molar-refractivity contribution in [2.24, 2.45) is 5.92 Å². The first kappa shape index (κ1) is 29.7. The second kappa shape index (κ2) is 12.6. The van der Waals surface area contributed by atoms with E-state index in [1.807, 2.05) is 48.7 Å². The van der Waals surface area contributed by atoms with E-state index in [9.17, 15) is 19.8 Å². The van der Waals surface area contributed by atoms with Gasteiger partial charge in [-0.15, -0.1) is 5.10 Å². The van der Waals surface area contributed by atoms with Crippen LogP contribution < -0.4 is 15.0 Å². The Morgan fingerprint density at radius 2 is 1.86 bits per heavy atom. The number of aliphatic hydroxyl groups excluding tert-OH is 1. The minimum Gasteiger partial charge on any atom is -0.497 e. The summed E-state index contributed by atoms with van der Waals surface area (Å²) in [5.41, 5.74) is 1.79. The number of ether oxygens (including phenoxy) is 1. The van der Waals surface area contributed by atoms with Gasteiger partial charge in [0.05, 0.1) is 31.0 Å². The molecule has 222 valence electrons. The third-order valence-corrected chi connectivity index (χ3v) is 7.92. The van der Waals surface area contributed by atoms with Crippen molar-refractivity contribution < 1.29 is 24.5 Å². The molecule has 3 N–H and O–H groups in total. The van der Waals surface area contributed by atoms with Crippen LogP contribution in [0.2, 0.25) is 0 Å². The van der Waals surface area contributed by atoms with E-state index in [1.54, 1.807) is 68.2 Å². The Bertz CT molecular complexity index is 1620. The van der Waals surface area contributed by atoms with E-state index in [2.05, 4.69) is 15.6 Å². The molecule has 10 nitrogen and oxygen atoms in total. The molecule has 1 aliphatic heterocycles. The van der Waals surface area contributed by atoms with Crippen LogP contribution in [0.1, 0.15) is 46.4 Å². The number of aryl methyl sites for hydroxylation is 1. The summed E-state index contributed by atoms with van der Waals surface area (Å²) in [6.07, 6.45) is 6.15. The number of methoxy groups -OCH3 is 1. The fourth-order valence-electron chi connectivity index (χ4n) is 5.36. The van der Waals surface area contributed by atoms with Gasteiger partial charge in [0.1, 0.15) is 5.75 Å². The molecule has 0 fully saturated rings. The number of hydrogen-bond acceptors (Lipinski definition) is 7. The summed E-state index contributed by atoms with van der Waals surface area (Å²) in [6, 6.07) is 21.5. The van der Waals surface area contributed by atoms with Gasteiger partial charge in [0.25, 0.3) is 11.8 Å². The average molecular weight is 582 g/mol. The van der Waals surface area contributed by atoms with E-state index in [0.717, 1.165) is 5.56 Å². The zero-order valence-electron chi connectivity index (χ0n) is 24.3. The van der Waals surface area contributed by atoms with Crippen LogP contribution in [0.3, 0.4) is 0 Å². The van der Waals surface area contributed by atoms with Gasteiger partial charge >= 0.3 is 0 Å². The molecule has 0 saturated heterocycles. The largest absolute Gasteiger partial charge is 0.497 e. The molecule has 0 saturated carbocycles. The number of aromatic nitrogens is 3. The van der Waals surface area contributed by atoms with Gasteiger partial charge in [-0.1, -0.05) is 54.6 Å². The van der Waals surface area contributed by atoms with Gasteiger partial charge in [-0.25, -0.2) is 0 Å². The maximum Gasteiger partial charge on any atom is 0.264 e. The molecular formula is C33H35N5O5. The molecule has 5 rings (SSSR count). The molecule has 0 radical (unpaired) electrons. The van der Waals surface area contributed by atoms with E-state index < -0.39 is 17.4 Å². The Balaban J connectivity index is 1.26. The lowest BCUT2D eigenvalue weighted by Crippen LogP contribution is -2.43. The number of nitrogens with one attached hydrogen (secondary N) is 1. The molecule has 1 aromatic heterocycles. The zero-order valence-corrected chi connectivity index (χ0v) is 24.3. The minimum absolute atomic E-state index is 0.0739. The highest BCUT2D eigenvalue weighted by molar-refractivity contribution is 6.08. The summed E-state index contributed by atoms with van der Waals surface area (Å²) in [6.45, 7) is 2.25. The van der Waals surface area contributed by atoms with Gasteiger partial charge in [0.2, 0.25) is 0 Å². The van der Waals surface area contributed by atoms with E-state index in [0.29, 0.717) is 46.9 Å². The number of nitrogens with zero attached hydrogens (tertiary/aromatic N) is 4. The van der Waals surface area contributed by atoms with Crippen molar-refractivity contribution in [3.8, 4) is 5.75 Å². The van der Waals surface area contributed by atoms with Crippen LogP contribution in [0.15, 0.2) is 91.1 Å². The van der Waals surface area contributed by atoms with Gasteiger partial charge in [-0.2, -0.15) is 0 Å². The van der Waals surface area contributed by atoms with Crippen LogP contribution >= 0.6 is 0 Å². The number of likely N-dealkylation sites (N-methyl/N-ethyl adjacent to an activating group) is 1. The summed E-state index contributed by atoms with van der Waals surface area (Å²) in [5.74, 6) is -0.917. The topological polar surface area (TPSA) is 130 Å². The van der Waals surface area contributed by atoms with Crippen LogP contribution in [0.4, 0.5) is 11.4 Å². The Morgan fingerprint density at radius 1 is 1.12 bits per heavy atom. The van der Waals surface area contributed by atoms with Crippen molar-refractivity contribution in [3.05, 3.63) is 114 Å². The van der Waals surface area contributed by atoms with E-state index in [-0.39, 0.29) is 18.4 Å². The van der Waals surface area contributed by atoms with Gasteiger partial charge in [-0.05, 0) is 54.4 Å². The smallest absolute Gasteiger partial charge is 0.264 e. The van der Waals surface area contributed by atoms with Crippen molar-refractivity contribution in [2.75, 3.05) is 31.0 Å². The minimum atomic E-state index is -1.80. The van der Waals surface area contributed by atoms with E-state index in [4.69, 9.17) is 4.74 Å². The van der Waals surface area contributed by atoms with E-state index >= 15 is 0 Å². The first-order valence-corrected chi connectivity index (χ1v) is 14.1. The van der Waals surface area contributed by atoms with Crippen molar-refractivity contribution in [2.45, 2.75) is 31.4 Å². The van der Waals surface area contributed by atoms with Gasteiger partial charge in [0.15, 0.2) is 5.60 Å². The predicted octanol–water partition coefficient (Wildman–Crippen LogP) is 4.11. The highest BCUT2D eigenvalue weighted by Gasteiger charge is 2.51. The molecule has 10 heteroatoms. The molecule has 2 heterocycles. The molecule has 3 atom stereocenters. The summed E-state index contributed by atoms with van der Waals surface area (Å²) in [7, 11) is 3.19. The third-order valence-electron chi connectivity index (χ3n) is 7.92. The molecule has 2 amide bonds. The zero-order chi connectivity index (χ0) is 30.6. The number of benzene rings is 3. The van der Waals surface area contributed by atoms with Gasteiger partial charge in [-0.3, -0.25) is 14.3 Å². The fraction of sp³-hybridized carbons (Fsp3) is 0.273. The van der Waals surface area contributed by atoms with E-state index in [1.165, 1.54) is 4.90 Å². The van der Waals surface area contributed by atoms with Gasteiger partial charge in [0, 0.05) is 42.5 Å². The number of fused-ring (bicyclic) bond motifs is 1. The Labute approximate surface area is 250 Å². The number of carbonyl (C=O) groups is 2. The lowest BCUT2D eigenvalue weighted by molar-refractivity contribution is -0.139. The summed E-state index contributed by atoms with van der Waals surface area (Å²) < 4.78 is 6.87. The maximum absolute atomic E-state index is 13.3. The Morgan fingerprint density at radius 3 is 2.56 bits per heavy atom. The predicted molar refractivity (Wildman–Crippen MR) is 163 cm³/mol. The quantitative estimate of drug-likeness (QED) is 0.227. The normalized spacial score (nSPS) is 17.6. The molecule has 1 aliphatic rings. The lowest BCUT2D eigenvalue weighted by atomic mass is 9.82. The van der Waals surface area contributed by atoms with Crippen LogP contribution in [0.25, 0.3) is 0 Å². The monoisotopic (exact) mass is 581 g/mol. The number of amides is 2. The second-order valence-electron chi connectivity index (χ2n) is 10.6. The summed E-state index contributed by atoms with van der Waals surface area (Å²) >= 11 is 0. The average Bonchev–Trinajstić information content (AvgIpc) is 3.57. The second-order valence-corrected chi connectivity index (χ2v) is 10.6. The lowest BCUT2D eigenvalue weighted by Gasteiger charge is -2.27. The fourth-order valence-corrected chi connectivity index (χ4v) is 5.36. The molecule has 0 bridgehead atoms. The van der Waals surface area contributed by atoms with Crippen LogP contribution in [-0.4, -0.2) is 57.8 Å². The molecule has 0 spiro atoms. The SMILES string of the molecule is COc1ccc(C(=O)Nc2ccc3c(c2)[C@](O)([C@@H](C)/C=C/CCn2cc(C(CO)c4ccccc4)nn2)C(=O)N3C)cc1. The Kier molecular flexibility index (Phi) is 8.70. The number of aliphatic hydroxyl groups is 2. The van der Waals surface area contributed by atoms with Crippen LogP contribution in [0.5, 0.6) is 5.75 Å². The van der Waals surface area contributed by atoms with Crippen molar-refractivity contribution in [3.63, 3.8) is 0 Å². The number of anilines is 2. The molecule has 1 unspecified atom stereocenters. The van der Waals surface area contributed by atoms with Gasteiger partial charge < -0.3 is 25.2 Å². The number of carbonyl (C=O) groups excluding carboxylic acids is 2. The highest BCUT2D eigenvalue weighted by Crippen LogP contribution is 2.45. The molecule has 43 heavy (non-hydrogen) atoms.